The highest BCUT2D eigenvalue weighted by Gasteiger charge is 2.23. The van der Waals surface area contributed by atoms with Gasteiger partial charge >= 0.3 is 5.97 Å². The molecule has 0 saturated carbocycles. The van der Waals surface area contributed by atoms with Crippen LogP contribution < -0.4 is 0 Å². The lowest BCUT2D eigenvalue weighted by atomic mass is 9.98. The fourth-order valence-electron chi connectivity index (χ4n) is 1.78. The van der Waals surface area contributed by atoms with Crippen molar-refractivity contribution in [1.29, 1.82) is 0 Å². The van der Waals surface area contributed by atoms with E-state index in [1.54, 1.807) is 20.8 Å². The third kappa shape index (κ3) is 6.73. The van der Waals surface area contributed by atoms with Gasteiger partial charge in [-0.25, -0.2) is 0 Å². The van der Waals surface area contributed by atoms with E-state index in [0.29, 0.717) is 4.91 Å². The van der Waals surface area contributed by atoms with Gasteiger partial charge in [0, 0.05) is 9.79 Å². The van der Waals surface area contributed by atoms with E-state index < -0.39 is 5.41 Å². The summed E-state index contributed by atoms with van der Waals surface area (Å²) in [7, 11) is 0. The number of carbonyl (C=O) groups excluding carboxylic acids is 2. The van der Waals surface area contributed by atoms with Crippen LogP contribution in [0.5, 0.6) is 0 Å². The smallest absolute Gasteiger partial charge is 0.316 e. The van der Waals surface area contributed by atoms with Crippen molar-refractivity contribution in [2.75, 3.05) is 5.75 Å². The van der Waals surface area contributed by atoms with Crippen molar-refractivity contribution in [1.82, 2.24) is 0 Å². The number of allylic oxidation sites excluding steroid dienone is 1. The number of ether oxygens (including phenoxy) is 1. The predicted molar refractivity (Wildman–Crippen MR) is 108 cm³/mol. The standard InChI is InChI=1S/C21H22O3S2/c1-21(2,3)20(23)24-14-19(26-17-12-8-5-9-13-17)18(22)15-25-16-10-6-4-7-11-16/h4-14H,15H2,1-3H3/b19-14-. The molecule has 0 unspecified atom stereocenters. The van der Waals surface area contributed by atoms with E-state index in [1.165, 1.54) is 29.8 Å². The summed E-state index contributed by atoms with van der Waals surface area (Å²) in [5.41, 5.74) is -0.624. The molecule has 0 radical (unpaired) electrons. The van der Waals surface area contributed by atoms with Gasteiger partial charge in [0.15, 0.2) is 5.78 Å². The second-order valence-corrected chi connectivity index (χ2v) is 8.74. The lowest BCUT2D eigenvalue weighted by molar-refractivity contribution is -0.146. The zero-order valence-electron chi connectivity index (χ0n) is 15.1. The van der Waals surface area contributed by atoms with E-state index in [2.05, 4.69) is 0 Å². The van der Waals surface area contributed by atoms with Crippen molar-refractivity contribution in [3.8, 4) is 0 Å². The average molecular weight is 387 g/mol. The first-order valence-electron chi connectivity index (χ1n) is 8.21. The van der Waals surface area contributed by atoms with Gasteiger partial charge in [0.2, 0.25) is 0 Å². The second-order valence-electron chi connectivity index (χ2n) is 6.58. The zero-order valence-corrected chi connectivity index (χ0v) is 16.7. The third-order valence-electron chi connectivity index (χ3n) is 3.24. The third-order valence-corrected chi connectivity index (χ3v) is 5.31. The zero-order chi connectivity index (χ0) is 19.0. The van der Waals surface area contributed by atoms with E-state index in [4.69, 9.17) is 4.74 Å². The topological polar surface area (TPSA) is 43.4 Å². The van der Waals surface area contributed by atoms with Crippen molar-refractivity contribution in [2.45, 2.75) is 30.6 Å². The molecule has 3 nitrogen and oxygen atoms in total. The molecule has 2 aromatic carbocycles. The molecule has 0 aromatic heterocycles. The molecule has 2 aromatic rings. The van der Waals surface area contributed by atoms with Crippen LogP contribution in [0.2, 0.25) is 0 Å². The van der Waals surface area contributed by atoms with E-state index in [-0.39, 0.29) is 17.5 Å². The Hall–Kier alpha value is -1.98. The summed E-state index contributed by atoms with van der Waals surface area (Å²) in [5.74, 6) is -0.162. The van der Waals surface area contributed by atoms with Crippen LogP contribution in [0.3, 0.4) is 0 Å². The summed E-state index contributed by atoms with van der Waals surface area (Å²) in [6.07, 6.45) is 1.29. The van der Waals surface area contributed by atoms with Crippen molar-refractivity contribution < 1.29 is 14.3 Å². The summed E-state index contributed by atoms with van der Waals surface area (Å²) in [4.78, 5) is 27.1. The summed E-state index contributed by atoms with van der Waals surface area (Å²) in [6, 6.07) is 19.3. The highest BCUT2D eigenvalue weighted by atomic mass is 32.2. The number of Topliss-reactive ketones (excluding diaryl/α,β-unsaturated/α-hetero) is 1. The minimum Gasteiger partial charge on any atom is -0.433 e. The minimum atomic E-state index is -0.624. The Morgan fingerprint density at radius 1 is 0.923 bits per heavy atom. The van der Waals surface area contributed by atoms with E-state index in [0.717, 1.165) is 9.79 Å². The summed E-state index contributed by atoms with van der Waals surface area (Å²) in [6.45, 7) is 5.33. The molecule has 0 bridgehead atoms. The molecule has 5 heteroatoms. The molecule has 0 saturated heterocycles. The molecular weight excluding hydrogens is 364 g/mol. The van der Waals surface area contributed by atoms with Crippen molar-refractivity contribution in [3.05, 3.63) is 71.8 Å². The molecule has 0 aliphatic rings. The Bertz CT molecular complexity index is 763. The van der Waals surface area contributed by atoms with Crippen LogP contribution >= 0.6 is 23.5 Å². The van der Waals surface area contributed by atoms with E-state index in [9.17, 15) is 9.59 Å². The quantitative estimate of drug-likeness (QED) is 0.269. The lowest BCUT2D eigenvalue weighted by Crippen LogP contribution is -2.21. The largest absolute Gasteiger partial charge is 0.433 e. The van der Waals surface area contributed by atoms with Gasteiger partial charge in [0.25, 0.3) is 0 Å². The first-order chi connectivity index (χ1) is 12.4. The lowest BCUT2D eigenvalue weighted by Gasteiger charge is -2.15. The van der Waals surface area contributed by atoms with Crippen molar-refractivity contribution >= 4 is 35.3 Å². The molecular formula is C21H22O3S2. The monoisotopic (exact) mass is 386 g/mol. The van der Waals surface area contributed by atoms with Gasteiger partial charge in [-0.2, -0.15) is 0 Å². The fraction of sp³-hybridized carbons (Fsp3) is 0.238. The summed E-state index contributed by atoms with van der Waals surface area (Å²) < 4.78 is 5.26. The molecule has 0 amide bonds. The predicted octanol–water partition coefficient (Wildman–Crippen LogP) is 5.57. The molecule has 0 aliphatic carbocycles. The van der Waals surface area contributed by atoms with Gasteiger partial charge in [0.05, 0.1) is 16.1 Å². The molecule has 2 rings (SSSR count). The number of carbonyl (C=O) groups is 2. The highest BCUT2D eigenvalue weighted by Crippen LogP contribution is 2.29. The number of hydrogen-bond acceptors (Lipinski definition) is 5. The maximum Gasteiger partial charge on any atom is 0.316 e. The Morgan fingerprint density at radius 3 is 2.00 bits per heavy atom. The summed E-state index contributed by atoms with van der Waals surface area (Å²) >= 11 is 2.77. The maximum absolute atomic E-state index is 12.7. The second kappa shape index (κ2) is 9.64. The highest BCUT2D eigenvalue weighted by molar-refractivity contribution is 8.04. The molecule has 0 fully saturated rings. The van der Waals surface area contributed by atoms with Crippen LogP contribution in [-0.2, 0) is 14.3 Å². The van der Waals surface area contributed by atoms with Crippen LogP contribution in [0.15, 0.2) is 81.6 Å². The number of ketones is 1. The average Bonchev–Trinajstić information content (AvgIpc) is 2.63. The Labute approximate surface area is 163 Å². The van der Waals surface area contributed by atoms with Crippen LogP contribution in [0.1, 0.15) is 20.8 Å². The first-order valence-corrected chi connectivity index (χ1v) is 10.0. The van der Waals surface area contributed by atoms with Crippen LogP contribution in [0, 0.1) is 5.41 Å². The van der Waals surface area contributed by atoms with Gasteiger partial charge in [-0.15, -0.1) is 11.8 Å². The van der Waals surface area contributed by atoms with Gasteiger partial charge in [-0.05, 0) is 45.0 Å². The number of benzene rings is 2. The normalized spacial score (nSPS) is 11.9. The number of thioether (sulfide) groups is 2. The van der Waals surface area contributed by atoms with Crippen molar-refractivity contribution in [3.63, 3.8) is 0 Å². The van der Waals surface area contributed by atoms with Crippen molar-refractivity contribution in [2.24, 2.45) is 5.41 Å². The number of esters is 1. The number of rotatable bonds is 7. The molecule has 26 heavy (non-hydrogen) atoms. The van der Waals surface area contributed by atoms with Gasteiger partial charge in [-0.3, -0.25) is 9.59 Å². The molecule has 0 spiro atoms. The SMILES string of the molecule is CC(C)(C)C(=O)O/C=C(\Sc1ccccc1)C(=O)CSc1ccccc1. The van der Waals surface area contributed by atoms with Crippen LogP contribution in [-0.4, -0.2) is 17.5 Å². The molecule has 0 aliphatic heterocycles. The van der Waals surface area contributed by atoms with Crippen LogP contribution in [0.25, 0.3) is 0 Å². The number of hydrogen-bond donors (Lipinski definition) is 0. The molecule has 0 N–H and O–H groups in total. The molecule has 0 heterocycles. The Kier molecular flexibility index (Phi) is 7.54. The van der Waals surface area contributed by atoms with Gasteiger partial charge in [0.1, 0.15) is 6.26 Å². The summed E-state index contributed by atoms with van der Waals surface area (Å²) in [5, 5.41) is 0. The molecule has 0 atom stereocenters. The van der Waals surface area contributed by atoms with Gasteiger partial charge < -0.3 is 4.74 Å². The Balaban J connectivity index is 2.10. The van der Waals surface area contributed by atoms with Crippen LogP contribution in [0.4, 0.5) is 0 Å². The van der Waals surface area contributed by atoms with E-state index in [1.807, 2.05) is 60.7 Å². The maximum atomic E-state index is 12.7. The van der Waals surface area contributed by atoms with E-state index >= 15 is 0 Å². The van der Waals surface area contributed by atoms with Gasteiger partial charge in [-0.1, -0.05) is 48.2 Å². The minimum absolute atomic E-state index is 0.0746. The molecule has 136 valence electrons. The fourth-order valence-corrected chi connectivity index (χ4v) is 3.51. The Morgan fingerprint density at radius 2 is 1.46 bits per heavy atom. The first kappa shape index (κ1) is 20.3.